The van der Waals surface area contributed by atoms with Gasteiger partial charge in [-0.25, -0.2) is 0 Å². The van der Waals surface area contributed by atoms with Gasteiger partial charge in [-0.1, -0.05) is 24.3 Å². The molecule has 0 spiro atoms. The fraction of sp³-hybridized carbons (Fsp3) is 0.294. The number of ether oxygens (including phenoxy) is 1. The molecule has 20 heavy (non-hydrogen) atoms. The van der Waals surface area contributed by atoms with Gasteiger partial charge in [0, 0.05) is 17.1 Å². The van der Waals surface area contributed by atoms with Crippen LogP contribution in [0.3, 0.4) is 0 Å². The van der Waals surface area contributed by atoms with E-state index in [0.29, 0.717) is 0 Å². The van der Waals surface area contributed by atoms with Gasteiger partial charge in [-0.15, -0.1) is 11.8 Å². The van der Waals surface area contributed by atoms with Crippen molar-refractivity contribution in [2.24, 2.45) is 0 Å². The van der Waals surface area contributed by atoms with Crippen molar-refractivity contribution in [3.8, 4) is 5.75 Å². The third kappa shape index (κ3) is 4.20. The normalized spacial score (nSPS) is 10.6. The Labute approximate surface area is 125 Å². The lowest BCUT2D eigenvalue weighted by molar-refractivity contribution is 0.242. The highest BCUT2D eigenvalue weighted by atomic mass is 32.2. The molecule has 0 aliphatic carbocycles. The van der Waals surface area contributed by atoms with Crippen LogP contribution in [0.2, 0.25) is 0 Å². The van der Waals surface area contributed by atoms with Crippen LogP contribution in [0, 0.1) is 0 Å². The molecule has 2 aromatic carbocycles. The van der Waals surface area contributed by atoms with Gasteiger partial charge in [0.05, 0.1) is 6.10 Å². The molecule has 0 aliphatic heterocycles. The number of nitrogens with one attached hydrogen (secondary N) is 1. The van der Waals surface area contributed by atoms with Crippen molar-refractivity contribution < 1.29 is 4.74 Å². The molecule has 3 heteroatoms. The van der Waals surface area contributed by atoms with Crippen molar-refractivity contribution in [3.05, 3.63) is 54.1 Å². The van der Waals surface area contributed by atoms with Crippen LogP contribution in [-0.2, 0) is 6.54 Å². The van der Waals surface area contributed by atoms with E-state index in [-0.39, 0.29) is 6.10 Å². The largest absolute Gasteiger partial charge is 0.491 e. The number of rotatable bonds is 6. The highest BCUT2D eigenvalue weighted by Gasteiger charge is 2.01. The molecule has 2 nitrogen and oxygen atoms in total. The Balaban J connectivity index is 1.97. The maximum Gasteiger partial charge on any atom is 0.119 e. The lowest BCUT2D eigenvalue weighted by Gasteiger charge is -2.12. The van der Waals surface area contributed by atoms with Crippen molar-refractivity contribution in [1.82, 2.24) is 0 Å². The fourth-order valence-electron chi connectivity index (χ4n) is 1.95. The number of thioether (sulfide) groups is 1. The molecule has 0 aromatic heterocycles. The molecule has 2 aromatic rings. The topological polar surface area (TPSA) is 21.3 Å². The van der Waals surface area contributed by atoms with Crippen LogP contribution >= 0.6 is 11.8 Å². The summed E-state index contributed by atoms with van der Waals surface area (Å²) in [7, 11) is 0. The highest BCUT2D eigenvalue weighted by molar-refractivity contribution is 7.98. The van der Waals surface area contributed by atoms with Gasteiger partial charge in [-0.3, -0.25) is 0 Å². The Hall–Kier alpha value is -1.61. The smallest absolute Gasteiger partial charge is 0.119 e. The van der Waals surface area contributed by atoms with Crippen LogP contribution in [0.4, 0.5) is 5.69 Å². The Morgan fingerprint density at radius 1 is 1.05 bits per heavy atom. The number of benzene rings is 2. The second-order valence-corrected chi connectivity index (χ2v) is 5.71. The average Bonchev–Trinajstić information content (AvgIpc) is 2.46. The summed E-state index contributed by atoms with van der Waals surface area (Å²) in [6.07, 6.45) is 2.31. The summed E-state index contributed by atoms with van der Waals surface area (Å²) in [6, 6.07) is 16.6. The maximum atomic E-state index is 5.64. The molecule has 0 radical (unpaired) electrons. The van der Waals surface area contributed by atoms with E-state index >= 15 is 0 Å². The minimum atomic E-state index is 0.215. The second kappa shape index (κ2) is 7.25. The van der Waals surface area contributed by atoms with Crippen LogP contribution < -0.4 is 10.1 Å². The summed E-state index contributed by atoms with van der Waals surface area (Å²) in [4.78, 5) is 1.27. The first-order chi connectivity index (χ1) is 9.69. The maximum absolute atomic E-state index is 5.64. The molecule has 0 bridgehead atoms. The summed E-state index contributed by atoms with van der Waals surface area (Å²) in [5.41, 5.74) is 2.43. The van der Waals surface area contributed by atoms with E-state index in [1.807, 2.05) is 26.0 Å². The predicted molar refractivity (Wildman–Crippen MR) is 87.8 cm³/mol. The zero-order chi connectivity index (χ0) is 14.4. The molecule has 0 saturated carbocycles. The first-order valence-electron chi connectivity index (χ1n) is 6.81. The molecular weight excluding hydrogens is 266 g/mol. The fourth-order valence-corrected chi connectivity index (χ4v) is 2.52. The molecule has 1 N–H and O–H groups in total. The number of para-hydroxylation sites is 1. The van der Waals surface area contributed by atoms with E-state index in [0.717, 1.165) is 12.3 Å². The van der Waals surface area contributed by atoms with E-state index in [2.05, 4.69) is 48.0 Å². The summed E-state index contributed by atoms with van der Waals surface area (Å²) < 4.78 is 5.64. The van der Waals surface area contributed by atoms with E-state index in [1.54, 1.807) is 11.8 Å². The molecule has 0 saturated heterocycles. The second-order valence-electron chi connectivity index (χ2n) is 4.86. The third-order valence-corrected chi connectivity index (χ3v) is 3.68. The van der Waals surface area contributed by atoms with Crippen LogP contribution in [0.25, 0.3) is 0 Å². The van der Waals surface area contributed by atoms with Gasteiger partial charge in [0.1, 0.15) is 5.75 Å². The zero-order valence-corrected chi connectivity index (χ0v) is 13.0. The van der Waals surface area contributed by atoms with Gasteiger partial charge in [0.2, 0.25) is 0 Å². The summed E-state index contributed by atoms with van der Waals surface area (Å²) in [5.74, 6) is 0.924. The van der Waals surface area contributed by atoms with Gasteiger partial charge in [0.25, 0.3) is 0 Å². The third-order valence-electron chi connectivity index (χ3n) is 2.89. The quantitative estimate of drug-likeness (QED) is 0.771. The molecule has 0 aliphatic rings. The minimum absolute atomic E-state index is 0.215. The molecule has 0 amide bonds. The summed E-state index contributed by atoms with van der Waals surface area (Å²) in [5, 5.41) is 3.48. The van der Waals surface area contributed by atoms with Crippen LogP contribution in [0.5, 0.6) is 5.75 Å². The van der Waals surface area contributed by atoms with E-state index in [4.69, 9.17) is 4.74 Å². The lowest BCUT2D eigenvalue weighted by atomic mass is 10.2. The Morgan fingerprint density at radius 3 is 2.40 bits per heavy atom. The van der Waals surface area contributed by atoms with E-state index < -0.39 is 0 Å². The first-order valence-corrected chi connectivity index (χ1v) is 8.04. The van der Waals surface area contributed by atoms with Crippen LogP contribution in [-0.4, -0.2) is 12.4 Å². The van der Waals surface area contributed by atoms with Crippen molar-refractivity contribution in [3.63, 3.8) is 0 Å². The molecule has 0 unspecified atom stereocenters. The molecule has 0 atom stereocenters. The van der Waals surface area contributed by atoms with Crippen molar-refractivity contribution in [1.29, 1.82) is 0 Å². The van der Waals surface area contributed by atoms with Gasteiger partial charge in [0.15, 0.2) is 0 Å². The van der Waals surface area contributed by atoms with Gasteiger partial charge >= 0.3 is 0 Å². The molecule has 2 rings (SSSR count). The Kier molecular flexibility index (Phi) is 5.36. The van der Waals surface area contributed by atoms with Crippen molar-refractivity contribution in [2.45, 2.75) is 31.4 Å². The van der Waals surface area contributed by atoms with Gasteiger partial charge in [-0.2, -0.15) is 0 Å². The Morgan fingerprint density at radius 2 is 1.75 bits per heavy atom. The molecule has 106 valence electrons. The van der Waals surface area contributed by atoms with E-state index in [1.165, 1.54) is 16.1 Å². The standard InChI is InChI=1S/C17H21NOS/c1-13(2)19-15-10-8-14(9-11-15)12-18-16-6-4-5-7-17(16)20-3/h4-11,13,18H,12H2,1-3H3. The molecule has 0 heterocycles. The number of hydrogen-bond donors (Lipinski definition) is 1. The van der Waals surface area contributed by atoms with Crippen LogP contribution in [0.15, 0.2) is 53.4 Å². The number of hydrogen-bond acceptors (Lipinski definition) is 3. The van der Waals surface area contributed by atoms with Gasteiger partial charge in [-0.05, 0) is 49.9 Å². The molecule has 0 fully saturated rings. The Bertz CT molecular complexity index is 537. The van der Waals surface area contributed by atoms with E-state index in [9.17, 15) is 0 Å². The molecular formula is C17H21NOS. The number of anilines is 1. The SMILES string of the molecule is CSc1ccccc1NCc1ccc(OC(C)C)cc1. The van der Waals surface area contributed by atoms with Crippen molar-refractivity contribution >= 4 is 17.4 Å². The van der Waals surface area contributed by atoms with Crippen molar-refractivity contribution in [2.75, 3.05) is 11.6 Å². The minimum Gasteiger partial charge on any atom is -0.491 e. The van der Waals surface area contributed by atoms with Crippen LogP contribution in [0.1, 0.15) is 19.4 Å². The summed E-state index contributed by atoms with van der Waals surface area (Å²) in [6.45, 7) is 4.89. The monoisotopic (exact) mass is 287 g/mol. The first kappa shape index (κ1) is 14.8. The van der Waals surface area contributed by atoms with Gasteiger partial charge < -0.3 is 10.1 Å². The lowest BCUT2D eigenvalue weighted by Crippen LogP contribution is -2.05. The summed E-state index contributed by atoms with van der Waals surface area (Å²) >= 11 is 1.76. The average molecular weight is 287 g/mol. The highest BCUT2D eigenvalue weighted by Crippen LogP contribution is 2.25. The zero-order valence-electron chi connectivity index (χ0n) is 12.2. The predicted octanol–water partition coefficient (Wildman–Crippen LogP) is 4.81.